The number of nitrogens with zero attached hydrogens (tertiary/aromatic N) is 1. The molecule has 0 N–H and O–H groups in total. The molecule has 1 heterocycles. The van der Waals surface area contributed by atoms with Gasteiger partial charge in [-0.15, -0.1) is 6.58 Å². The third-order valence-electron chi connectivity index (χ3n) is 2.69. The first kappa shape index (κ1) is 10.6. The lowest BCUT2D eigenvalue weighted by molar-refractivity contribution is 0.824. The van der Waals surface area contributed by atoms with Crippen LogP contribution in [0.4, 0.5) is 0 Å². The van der Waals surface area contributed by atoms with Crippen molar-refractivity contribution in [2.75, 3.05) is 0 Å². The molecule has 1 unspecified atom stereocenters. The molecule has 1 heteroatoms. The van der Waals surface area contributed by atoms with Crippen molar-refractivity contribution in [2.24, 2.45) is 0 Å². The van der Waals surface area contributed by atoms with E-state index >= 15 is 0 Å². The average Bonchev–Trinajstić information content (AvgIpc) is 2.38. The molecule has 1 aromatic heterocycles. The molecule has 0 aliphatic heterocycles. The Kier molecular flexibility index (Phi) is 3.50. The fraction of sp³-hybridized carbons (Fsp3) is 0.133. The lowest BCUT2D eigenvalue weighted by Crippen LogP contribution is -2.00. The smallest absolute Gasteiger partial charge is 0.0306 e. The Bertz CT molecular complexity index is 394. The van der Waals surface area contributed by atoms with Gasteiger partial charge in [-0.05, 0) is 23.6 Å². The summed E-state index contributed by atoms with van der Waals surface area (Å²) >= 11 is 0. The number of benzene rings is 1. The molecule has 0 bridgehead atoms. The molecule has 0 amide bonds. The number of hydrogen-bond acceptors (Lipinski definition) is 1. The first-order valence-corrected chi connectivity index (χ1v) is 5.47. The lowest BCUT2D eigenvalue weighted by Gasteiger charge is -2.15. The van der Waals surface area contributed by atoms with Crippen LogP contribution in [0.25, 0.3) is 0 Å². The van der Waals surface area contributed by atoms with E-state index in [1.165, 1.54) is 11.1 Å². The molecule has 0 spiro atoms. The number of aromatic nitrogens is 1. The van der Waals surface area contributed by atoms with Crippen LogP contribution < -0.4 is 0 Å². The molecule has 0 aliphatic carbocycles. The summed E-state index contributed by atoms with van der Waals surface area (Å²) < 4.78 is 0. The van der Waals surface area contributed by atoms with Gasteiger partial charge in [-0.2, -0.15) is 0 Å². The van der Waals surface area contributed by atoms with Crippen LogP contribution in [0, 0.1) is 0 Å². The van der Waals surface area contributed by atoms with Gasteiger partial charge in [0.25, 0.3) is 0 Å². The highest BCUT2D eigenvalue weighted by Crippen LogP contribution is 2.27. The molecule has 1 aromatic carbocycles. The van der Waals surface area contributed by atoms with Crippen LogP contribution in [0.2, 0.25) is 0 Å². The number of rotatable bonds is 4. The predicted molar refractivity (Wildman–Crippen MR) is 67.3 cm³/mol. The maximum atomic E-state index is 4.18. The Labute approximate surface area is 96.5 Å². The number of pyridine rings is 1. The van der Waals surface area contributed by atoms with Crippen LogP contribution in [0.3, 0.4) is 0 Å². The zero-order valence-electron chi connectivity index (χ0n) is 9.21. The summed E-state index contributed by atoms with van der Waals surface area (Å²) in [5.41, 5.74) is 2.56. The molecule has 0 saturated heterocycles. The maximum absolute atomic E-state index is 4.18. The quantitative estimate of drug-likeness (QED) is 0.698. The third-order valence-corrected chi connectivity index (χ3v) is 2.69. The van der Waals surface area contributed by atoms with Crippen molar-refractivity contribution in [3.63, 3.8) is 0 Å². The van der Waals surface area contributed by atoms with E-state index in [0.717, 1.165) is 6.42 Å². The van der Waals surface area contributed by atoms with Gasteiger partial charge in [-0.3, -0.25) is 4.98 Å². The van der Waals surface area contributed by atoms with Crippen LogP contribution >= 0.6 is 0 Å². The molecular formula is C15H15N. The third kappa shape index (κ3) is 2.37. The van der Waals surface area contributed by atoms with Gasteiger partial charge < -0.3 is 0 Å². The first-order valence-electron chi connectivity index (χ1n) is 5.47. The topological polar surface area (TPSA) is 12.9 Å². The van der Waals surface area contributed by atoms with Gasteiger partial charge in [0, 0.05) is 18.3 Å². The fourth-order valence-corrected chi connectivity index (χ4v) is 1.90. The van der Waals surface area contributed by atoms with Gasteiger partial charge in [0.05, 0.1) is 0 Å². The van der Waals surface area contributed by atoms with E-state index in [-0.39, 0.29) is 0 Å². The Morgan fingerprint density at radius 3 is 2.44 bits per heavy atom. The summed E-state index contributed by atoms with van der Waals surface area (Å²) in [5, 5.41) is 0. The van der Waals surface area contributed by atoms with Gasteiger partial charge in [0.2, 0.25) is 0 Å². The fourth-order valence-electron chi connectivity index (χ4n) is 1.90. The van der Waals surface area contributed by atoms with Crippen LogP contribution in [-0.4, -0.2) is 4.98 Å². The number of allylic oxidation sites excluding steroid dienone is 1. The summed E-state index contributed by atoms with van der Waals surface area (Å²) in [5.74, 6) is 0.368. The molecular weight excluding hydrogens is 194 g/mol. The normalized spacial score (nSPS) is 12.0. The molecule has 0 fully saturated rings. The Morgan fingerprint density at radius 1 is 1.06 bits per heavy atom. The van der Waals surface area contributed by atoms with Crippen LogP contribution in [0.5, 0.6) is 0 Å². The van der Waals surface area contributed by atoms with Crippen molar-refractivity contribution >= 4 is 0 Å². The molecule has 0 aliphatic rings. The summed E-state index contributed by atoms with van der Waals surface area (Å²) in [6.45, 7) is 3.83. The SMILES string of the molecule is C=CCC(c1ccccc1)c1cccnc1. The zero-order valence-corrected chi connectivity index (χ0v) is 9.21. The average molecular weight is 209 g/mol. The molecule has 2 aromatic rings. The van der Waals surface area contributed by atoms with Crippen molar-refractivity contribution in [3.05, 3.63) is 78.6 Å². The van der Waals surface area contributed by atoms with Crippen molar-refractivity contribution in [2.45, 2.75) is 12.3 Å². The van der Waals surface area contributed by atoms with Gasteiger partial charge in [0.1, 0.15) is 0 Å². The van der Waals surface area contributed by atoms with E-state index in [1.54, 1.807) is 6.20 Å². The largest absolute Gasteiger partial charge is 0.264 e. The summed E-state index contributed by atoms with van der Waals surface area (Å²) in [4.78, 5) is 4.18. The Morgan fingerprint density at radius 2 is 1.81 bits per heavy atom. The van der Waals surface area contributed by atoms with E-state index in [0.29, 0.717) is 5.92 Å². The van der Waals surface area contributed by atoms with E-state index in [4.69, 9.17) is 0 Å². The monoisotopic (exact) mass is 209 g/mol. The second kappa shape index (κ2) is 5.26. The van der Waals surface area contributed by atoms with Crippen molar-refractivity contribution in [1.82, 2.24) is 4.98 Å². The standard InChI is InChI=1S/C15H15N/c1-2-7-15(13-8-4-3-5-9-13)14-10-6-11-16-12-14/h2-6,8-12,15H,1,7H2. The molecule has 80 valence electrons. The Balaban J connectivity index is 2.35. The minimum atomic E-state index is 0.368. The van der Waals surface area contributed by atoms with E-state index in [1.807, 2.05) is 24.4 Å². The van der Waals surface area contributed by atoms with Crippen LogP contribution in [0.15, 0.2) is 67.5 Å². The minimum absolute atomic E-state index is 0.368. The van der Waals surface area contributed by atoms with Crippen molar-refractivity contribution in [3.8, 4) is 0 Å². The van der Waals surface area contributed by atoms with Gasteiger partial charge in [-0.25, -0.2) is 0 Å². The first-order chi connectivity index (χ1) is 7.92. The summed E-state index contributed by atoms with van der Waals surface area (Å²) in [6.07, 6.45) is 6.64. The molecule has 1 atom stereocenters. The van der Waals surface area contributed by atoms with Crippen molar-refractivity contribution in [1.29, 1.82) is 0 Å². The summed E-state index contributed by atoms with van der Waals surface area (Å²) in [7, 11) is 0. The van der Waals surface area contributed by atoms with Crippen molar-refractivity contribution < 1.29 is 0 Å². The minimum Gasteiger partial charge on any atom is -0.264 e. The van der Waals surface area contributed by atoms with E-state index in [2.05, 4.69) is 41.9 Å². The van der Waals surface area contributed by atoms with Gasteiger partial charge in [-0.1, -0.05) is 42.5 Å². The van der Waals surface area contributed by atoms with Crippen LogP contribution in [0.1, 0.15) is 23.5 Å². The van der Waals surface area contributed by atoms with E-state index in [9.17, 15) is 0 Å². The predicted octanol–water partition coefficient (Wildman–Crippen LogP) is 3.79. The second-order valence-corrected chi connectivity index (χ2v) is 3.77. The second-order valence-electron chi connectivity index (χ2n) is 3.77. The van der Waals surface area contributed by atoms with Gasteiger partial charge >= 0.3 is 0 Å². The van der Waals surface area contributed by atoms with Gasteiger partial charge in [0.15, 0.2) is 0 Å². The molecule has 0 saturated carbocycles. The lowest BCUT2D eigenvalue weighted by atomic mass is 9.90. The zero-order chi connectivity index (χ0) is 11.2. The molecule has 16 heavy (non-hydrogen) atoms. The number of hydrogen-bond donors (Lipinski definition) is 0. The Hall–Kier alpha value is -1.89. The summed E-state index contributed by atoms with van der Waals surface area (Å²) in [6, 6.07) is 14.6. The van der Waals surface area contributed by atoms with E-state index < -0.39 is 0 Å². The highest BCUT2D eigenvalue weighted by molar-refractivity contribution is 5.31. The highest BCUT2D eigenvalue weighted by Gasteiger charge is 2.11. The van der Waals surface area contributed by atoms with Crippen LogP contribution in [-0.2, 0) is 0 Å². The molecule has 1 nitrogen and oxygen atoms in total. The molecule has 0 radical (unpaired) electrons. The molecule has 2 rings (SSSR count). The maximum Gasteiger partial charge on any atom is 0.0306 e. The highest BCUT2D eigenvalue weighted by atomic mass is 14.6.